The average molecular weight is 445 g/mol. The average Bonchev–Trinajstić information content (AvgIpc) is 3.61. The molecule has 33 heavy (non-hydrogen) atoms. The lowest BCUT2D eigenvalue weighted by Crippen LogP contribution is -2.31. The molecule has 5 rings (SSSR count). The molecular formula is C25H28N6O2. The van der Waals surface area contributed by atoms with E-state index in [9.17, 15) is 4.79 Å². The second kappa shape index (κ2) is 9.15. The van der Waals surface area contributed by atoms with E-state index in [2.05, 4.69) is 16.9 Å². The van der Waals surface area contributed by atoms with Gasteiger partial charge in [-0.1, -0.05) is 13.0 Å². The first kappa shape index (κ1) is 21.3. The number of aryl methyl sites for hydroxylation is 1. The van der Waals surface area contributed by atoms with E-state index in [0.29, 0.717) is 12.2 Å². The Morgan fingerprint density at radius 3 is 2.97 bits per heavy atom. The molecule has 0 radical (unpaired) electrons. The predicted octanol–water partition coefficient (Wildman–Crippen LogP) is 3.80. The summed E-state index contributed by atoms with van der Waals surface area (Å²) in [6, 6.07) is 11.7. The number of carbonyl (C=O) groups excluding carboxylic acids is 1. The zero-order valence-corrected chi connectivity index (χ0v) is 19.0. The number of benzene rings is 1. The second-order valence-electron chi connectivity index (χ2n) is 8.28. The van der Waals surface area contributed by atoms with E-state index < -0.39 is 0 Å². The van der Waals surface area contributed by atoms with E-state index in [1.165, 1.54) is 0 Å². The van der Waals surface area contributed by atoms with Crippen molar-refractivity contribution in [2.75, 3.05) is 20.3 Å². The van der Waals surface area contributed by atoms with Gasteiger partial charge in [-0.15, -0.1) is 0 Å². The van der Waals surface area contributed by atoms with Gasteiger partial charge >= 0.3 is 0 Å². The van der Waals surface area contributed by atoms with E-state index in [4.69, 9.17) is 9.72 Å². The first-order valence-corrected chi connectivity index (χ1v) is 11.4. The number of hydrogen-bond donors (Lipinski definition) is 0. The molecule has 8 heteroatoms. The molecule has 1 fully saturated rings. The van der Waals surface area contributed by atoms with Crippen LogP contribution in [0.1, 0.15) is 47.7 Å². The number of amides is 1. The van der Waals surface area contributed by atoms with E-state index in [1.807, 2.05) is 56.6 Å². The monoisotopic (exact) mass is 444 g/mol. The Morgan fingerprint density at radius 2 is 2.12 bits per heavy atom. The number of carbonyl (C=O) groups is 1. The standard InChI is InChI=1S/C25H28N6O2/c1-3-23-26-11-13-31(23)24-8-4-6-19(28-24)22-7-5-12-30(22)25(32)18-9-10-21-20(16-18)27-17-29(21)14-15-33-2/h4,6,8-11,13,16-17,22H,3,5,7,12,14-15H2,1-2H3/t22-/m1/s1. The van der Waals surface area contributed by atoms with Crippen molar-refractivity contribution < 1.29 is 9.53 Å². The van der Waals surface area contributed by atoms with Crippen LogP contribution >= 0.6 is 0 Å². The number of hydrogen-bond acceptors (Lipinski definition) is 5. The summed E-state index contributed by atoms with van der Waals surface area (Å²) >= 11 is 0. The van der Waals surface area contributed by atoms with Gasteiger partial charge in [0, 0.05) is 44.6 Å². The van der Waals surface area contributed by atoms with Gasteiger partial charge in [-0.2, -0.15) is 0 Å². The van der Waals surface area contributed by atoms with Crippen LogP contribution in [0.25, 0.3) is 16.9 Å². The number of aromatic nitrogens is 5. The van der Waals surface area contributed by atoms with Crippen molar-refractivity contribution in [3.8, 4) is 5.82 Å². The lowest BCUT2D eigenvalue weighted by molar-refractivity contribution is 0.0733. The predicted molar refractivity (Wildman–Crippen MR) is 125 cm³/mol. The third-order valence-electron chi connectivity index (χ3n) is 6.30. The van der Waals surface area contributed by atoms with Crippen LogP contribution < -0.4 is 0 Å². The number of methoxy groups -OCH3 is 1. The number of likely N-dealkylation sites (tertiary alicyclic amines) is 1. The Morgan fingerprint density at radius 1 is 1.21 bits per heavy atom. The highest BCUT2D eigenvalue weighted by molar-refractivity contribution is 5.97. The van der Waals surface area contributed by atoms with E-state index in [0.717, 1.165) is 60.7 Å². The van der Waals surface area contributed by atoms with Crippen LogP contribution in [-0.2, 0) is 17.7 Å². The van der Waals surface area contributed by atoms with Crippen LogP contribution in [0.4, 0.5) is 0 Å². The summed E-state index contributed by atoms with van der Waals surface area (Å²) in [6.45, 7) is 4.15. The van der Waals surface area contributed by atoms with Crippen LogP contribution in [-0.4, -0.2) is 55.2 Å². The minimum atomic E-state index is -0.0407. The maximum absolute atomic E-state index is 13.5. The molecule has 0 unspecified atom stereocenters. The molecule has 0 spiro atoms. The number of imidazole rings is 2. The maximum Gasteiger partial charge on any atom is 0.254 e. The summed E-state index contributed by atoms with van der Waals surface area (Å²) in [5, 5.41) is 0. The van der Waals surface area contributed by atoms with Crippen molar-refractivity contribution in [2.45, 2.75) is 38.8 Å². The quantitative estimate of drug-likeness (QED) is 0.433. The highest BCUT2D eigenvalue weighted by Gasteiger charge is 2.32. The minimum absolute atomic E-state index is 0.0231. The van der Waals surface area contributed by atoms with Crippen LogP contribution in [0.5, 0.6) is 0 Å². The fourth-order valence-electron chi connectivity index (χ4n) is 4.61. The Labute approximate surface area is 192 Å². The molecule has 0 saturated carbocycles. The van der Waals surface area contributed by atoms with Crippen LogP contribution in [0.3, 0.4) is 0 Å². The first-order chi connectivity index (χ1) is 16.2. The summed E-state index contributed by atoms with van der Waals surface area (Å²) in [4.78, 5) is 29.3. The zero-order valence-electron chi connectivity index (χ0n) is 19.0. The smallest absolute Gasteiger partial charge is 0.254 e. The van der Waals surface area contributed by atoms with E-state index in [1.54, 1.807) is 19.6 Å². The zero-order chi connectivity index (χ0) is 22.8. The molecule has 3 aromatic heterocycles. The Kier molecular flexibility index (Phi) is 5.92. The Balaban J connectivity index is 1.41. The number of pyridine rings is 1. The van der Waals surface area contributed by atoms with Crippen molar-refractivity contribution in [1.82, 2.24) is 29.0 Å². The highest BCUT2D eigenvalue weighted by Crippen LogP contribution is 2.33. The van der Waals surface area contributed by atoms with Gasteiger partial charge in [0.25, 0.3) is 5.91 Å². The summed E-state index contributed by atoms with van der Waals surface area (Å²) in [5.41, 5.74) is 3.40. The van der Waals surface area contributed by atoms with Crippen LogP contribution in [0, 0.1) is 0 Å². The summed E-state index contributed by atoms with van der Waals surface area (Å²) in [5.74, 6) is 1.83. The number of rotatable bonds is 7. The van der Waals surface area contributed by atoms with Crippen molar-refractivity contribution >= 4 is 16.9 Å². The van der Waals surface area contributed by atoms with Crippen molar-refractivity contribution in [3.05, 3.63) is 72.2 Å². The minimum Gasteiger partial charge on any atom is -0.383 e. The van der Waals surface area contributed by atoms with Gasteiger partial charge in [0.2, 0.25) is 0 Å². The van der Waals surface area contributed by atoms with Gasteiger partial charge in [-0.3, -0.25) is 9.36 Å². The molecule has 4 heterocycles. The molecular weight excluding hydrogens is 416 g/mol. The summed E-state index contributed by atoms with van der Waals surface area (Å²) in [7, 11) is 1.69. The third-order valence-corrected chi connectivity index (χ3v) is 6.30. The topological polar surface area (TPSA) is 78.1 Å². The van der Waals surface area contributed by atoms with Crippen molar-refractivity contribution in [2.24, 2.45) is 0 Å². The fourth-order valence-corrected chi connectivity index (χ4v) is 4.61. The number of fused-ring (bicyclic) bond motifs is 1. The van der Waals surface area contributed by atoms with Gasteiger partial charge < -0.3 is 14.2 Å². The van der Waals surface area contributed by atoms with E-state index in [-0.39, 0.29) is 11.9 Å². The molecule has 170 valence electrons. The Bertz CT molecular complexity index is 1280. The van der Waals surface area contributed by atoms with Gasteiger partial charge in [0.1, 0.15) is 11.6 Å². The van der Waals surface area contributed by atoms with Gasteiger partial charge in [0.15, 0.2) is 0 Å². The largest absolute Gasteiger partial charge is 0.383 e. The molecule has 0 aliphatic carbocycles. The van der Waals surface area contributed by atoms with Crippen molar-refractivity contribution in [3.63, 3.8) is 0 Å². The third kappa shape index (κ3) is 4.02. The molecule has 1 amide bonds. The van der Waals surface area contributed by atoms with Gasteiger partial charge in [0.05, 0.1) is 35.7 Å². The molecule has 0 N–H and O–H groups in total. The SMILES string of the molecule is CCc1nccn1-c1cccc([C@H]2CCCN2C(=O)c2ccc3c(c2)ncn3CCOC)n1. The molecule has 1 saturated heterocycles. The molecule has 8 nitrogen and oxygen atoms in total. The van der Waals surface area contributed by atoms with Crippen molar-refractivity contribution in [1.29, 1.82) is 0 Å². The fraction of sp³-hybridized carbons (Fsp3) is 0.360. The van der Waals surface area contributed by atoms with Gasteiger partial charge in [-0.25, -0.2) is 15.0 Å². The maximum atomic E-state index is 13.5. The van der Waals surface area contributed by atoms with Crippen LogP contribution in [0.2, 0.25) is 0 Å². The molecule has 1 atom stereocenters. The summed E-state index contributed by atoms with van der Waals surface area (Å²) in [6.07, 6.45) is 8.22. The molecule has 1 aromatic carbocycles. The molecule has 0 bridgehead atoms. The Hall–Kier alpha value is -3.52. The molecule has 4 aromatic rings. The lowest BCUT2D eigenvalue weighted by atomic mass is 10.1. The van der Waals surface area contributed by atoms with E-state index >= 15 is 0 Å². The van der Waals surface area contributed by atoms with Crippen LogP contribution in [0.15, 0.2) is 55.1 Å². The lowest BCUT2D eigenvalue weighted by Gasteiger charge is -2.25. The molecule has 1 aliphatic rings. The normalized spacial score (nSPS) is 16.1. The molecule has 1 aliphatic heterocycles. The highest BCUT2D eigenvalue weighted by atomic mass is 16.5. The van der Waals surface area contributed by atoms with Gasteiger partial charge in [-0.05, 0) is 43.2 Å². The number of nitrogens with zero attached hydrogens (tertiary/aromatic N) is 6. The number of ether oxygens (including phenoxy) is 1. The first-order valence-electron chi connectivity index (χ1n) is 11.4. The summed E-state index contributed by atoms with van der Waals surface area (Å²) < 4.78 is 9.23. The second-order valence-corrected chi connectivity index (χ2v) is 8.28.